The number of aliphatic hydroxyl groups excluding tert-OH is 1. The zero-order valence-electron chi connectivity index (χ0n) is 9.00. The van der Waals surface area contributed by atoms with E-state index in [1.807, 2.05) is 0 Å². The van der Waals surface area contributed by atoms with E-state index in [0.29, 0.717) is 5.92 Å². The zero-order valence-corrected chi connectivity index (χ0v) is 9.00. The van der Waals surface area contributed by atoms with Crippen LogP contribution in [0.3, 0.4) is 0 Å². The van der Waals surface area contributed by atoms with E-state index in [4.69, 9.17) is 0 Å². The van der Waals surface area contributed by atoms with Crippen LogP contribution in [0.15, 0.2) is 0 Å². The van der Waals surface area contributed by atoms with Crippen molar-refractivity contribution in [2.75, 3.05) is 19.6 Å². The Labute approximate surface area is 81.9 Å². The van der Waals surface area contributed by atoms with Gasteiger partial charge in [-0.3, -0.25) is 0 Å². The van der Waals surface area contributed by atoms with E-state index in [9.17, 15) is 5.11 Å². The van der Waals surface area contributed by atoms with Gasteiger partial charge in [0.25, 0.3) is 0 Å². The third kappa shape index (κ3) is 3.28. The molecular weight excluding hydrogens is 162 g/mol. The lowest BCUT2D eigenvalue weighted by molar-refractivity contribution is 0.0485. The van der Waals surface area contributed by atoms with Crippen molar-refractivity contribution in [2.45, 2.75) is 45.6 Å². The van der Waals surface area contributed by atoms with Gasteiger partial charge in [-0.1, -0.05) is 26.7 Å². The maximum Gasteiger partial charge on any atom is 0.0580 e. The molecule has 0 aliphatic heterocycles. The van der Waals surface area contributed by atoms with E-state index >= 15 is 0 Å². The fraction of sp³-hybridized carbons (Fsp3) is 1.00. The summed E-state index contributed by atoms with van der Waals surface area (Å²) >= 11 is 0. The van der Waals surface area contributed by atoms with Crippen LogP contribution in [0, 0.1) is 5.92 Å². The van der Waals surface area contributed by atoms with Crippen LogP contribution in [-0.2, 0) is 0 Å². The monoisotopic (exact) mass is 185 g/mol. The van der Waals surface area contributed by atoms with Crippen molar-refractivity contribution in [3.63, 3.8) is 0 Å². The fourth-order valence-corrected chi connectivity index (χ4v) is 2.21. The van der Waals surface area contributed by atoms with Gasteiger partial charge in [-0.05, 0) is 31.8 Å². The molecule has 0 spiro atoms. The Morgan fingerprint density at radius 1 is 1.15 bits per heavy atom. The van der Waals surface area contributed by atoms with Crippen LogP contribution in [0.2, 0.25) is 0 Å². The lowest BCUT2D eigenvalue weighted by Gasteiger charge is -2.31. The first kappa shape index (κ1) is 11.0. The molecule has 1 saturated carbocycles. The predicted molar refractivity (Wildman–Crippen MR) is 55.8 cm³/mol. The highest BCUT2D eigenvalue weighted by atomic mass is 16.3. The summed E-state index contributed by atoms with van der Waals surface area (Å²) in [5, 5.41) is 9.78. The second kappa shape index (κ2) is 5.61. The van der Waals surface area contributed by atoms with E-state index < -0.39 is 0 Å². The molecule has 0 aromatic carbocycles. The van der Waals surface area contributed by atoms with E-state index in [0.717, 1.165) is 26.1 Å². The first-order valence-corrected chi connectivity index (χ1v) is 5.68. The minimum absolute atomic E-state index is 0.0330. The SMILES string of the molecule is CCN(CC)CC1CCCCC1O. The van der Waals surface area contributed by atoms with Crippen molar-refractivity contribution in [1.82, 2.24) is 4.90 Å². The van der Waals surface area contributed by atoms with Crippen LogP contribution in [0.25, 0.3) is 0 Å². The average Bonchev–Trinajstić information content (AvgIpc) is 2.17. The molecule has 2 atom stereocenters. The third-order valence-corrected chi connectivity index (χ3v) is 3.26. The largest absolute Gasteiger partial charge is 0.393 e. The van der Waals surface area contributed by atoms with Gasteiger partial charge >= 0.3 is 0 Å². The van der Waals surface area contributed by atoms with Crippen LogP contribution in [0.5, 0.6) is 0 Å². The van der Waals surface area contributed by atoms with Gasteiger partial charge in [0.15, 0.2) is 0 Å². The summed E-state index contributed by atoms with van der Waals surface area (Å²) in [7, 11) is 0. The summed E-state index contributed by atoms with van der Waals surface area (Å²) in [6, 6.07) is 0. The van der Waals surface area contributed by atoms with Crippen LogP contribution in [0.1, 0.15) is 39.5 Å². The molecule has 0 aromatic heterocycles. The van der Waals surface area contributed by atoms with E-state index in [-0.39, 0.29) is 6.10 Å². The molecule has 0 amide bonds. The molecule has 0 bridgehead atoms. The summed E-state index contributed by atoms with van der Waals surface area (Å²) < 4.78 is 0. The highest BCUT2D eigenvalue weighted by molar-refractivity contribution is 4.76. The molecule has 0 heterocycles. The smallest absolute Gasteiger partial charge is 0.0580 e. The summed E-state index contributed by atoms with van der Waals surface area (Å²) in [5.74, 6) is 0.536. The summed E-state index contributed by atoms with van der Waals surface area (Å²) in [6.07, 6.45) is 4.73. The van der Waals surface area contributed by atoms with Crippen LogP contribution in [0.4, 0.5) is 0 Å². The lowest BCUT2D eigenvalue weighted by atomic mass is 9.86. The van der Waals surface area contributed by atoms with Crippen LogP contribution < -0.4 is 0 Å². The second-order valence-corrected chi connectivity index (χ2v) is 4.10. The number of aliphatic hydroxyl groups is 1. The Morgan fingerprint density at radius 3 is 2.31 bits per heavy atom. The van der Waals surface area contributed by atoms with Crippen LogP contribution in [-0.4, -0.2) is 35.7 Å². The zero-order chi connectivity index (χ0) is 9.68. The molecule has 13 heavy (non-hydrogen) atoms. The topological polar surface area (TPSA) is 23.5 Å². The molecule has 2 nitrogen and oxygen atoms in total. The highest BCUT2D eigenvalue weighted by Crippen LogP contribution is 2.24. The van der Waals surface area contributed by atoms with Gasteiger partial charge in [0.05, 0.1) is 6.10 Å². The van der Waals surface area contributed by atoms with Gasteiger partial charge in [0.1, 0.15) is 0 Å². The first-order valence-electron chi connectivity index (χ1n) is 5.68. The average molecular weight is 185 g/mol. The molecular formula is C11H23NO. The third-order valence-electron chi connectivity index (χ3n) is 3.26. The van der Waals surface area contributed by atoms with Crippen molar-refractivity contribution >= 4 is 0 Å². The Bertz CT molecular complexity index is 134. The van der Waals surface area contributed by atoms with Crippen molar-refractivity contribution in [3.8, 4) is 0 Å². The molecule has 0 saturated heterocycles. The van der Waals surface area contributed by atoms with Gasteiger partial charge in [0, 0.05) is 6.54 Å². The quantitative estimate of drug-likeness (QED) is 0.723. The molecule has 1 N–H and O–H groups in total. The summed E-state index contributed by atoms with van der Waals surface area (Å²) in [4.78, 5) is 2.42. The van der Waals surface area contributed by atoms with Gasteiger partial charge in [0.2, 0.25) is 0 Å². The standard InChI is InChI=1S/C11H23NO/c1-3-12(4-2)9-10-7-5-6-8-11(10)13/h10-11,13H,3-9H2,1-2H3. The Kier molecular flexibility index (Phi) is 4.74. The van der Waals surface area contributed by atoms with E-state index in [1.165, 1.54) is 19.3 Å². The molecule has 1 aliphatic carbocycles. The van der Waals surface area contributed by atoms with Crippen LogP contribution >= 0.6 is 0 Å². The molecule has 2 heteroatoms. The lowest BCUT2D eigenvalue weighted by Crippen LogP contribution is -2.36. The Balaban J connectivity index is 2.32. The van der Waals surface area contributed by atoms with Gasteiger partial charge < -0.3 is 10.0 Å². The van der Waals surface area contributed by atoms with Crippen molar-refractivity contribution < 1.29 is 5.11 Å². The number of nitrogens with zero attached hydrogens (tertiary/aromatic N) is 1. The molecule has 78 valence electrons. The van der Waals surface area contributed by atoms with Crippen molar-refractivity contribution in [2.24, 2.45) is 5.92 Å². The van der Waals surface area contributed by atoms with Crippen molar-refractivity contribution in [1.29, 1.82) is 0 Å². The van der Waals surface area contributed by atoms with Gasteiger partial charge in [-0.25, -0.2) is 0 Å². The summed E-state index contributed by atoms with van der Waals surface area (Å²) in [6.45, 7) is 7.70. The molecule has 2 unspecified atom stereocenters. The molecule has 0 aromatic rings. The molecule has 1 fully saturated rings. The predicted octanol–water partition coefficient (Wildman–Crippen LogP) is 1.88. The normalized spacial score (nSPS) is 29.5. The van der Waals surface area contributed by atoms with Gasteiger partial charge in [-0.15, -0.1) is 0 Å². The number of hydrogen-bond donors (Lipinski definition) is 1. The molecule has 0 radical (unpaired) electrons. The van der Waals surface area contributed by atoms with Gasteiger partial charge in [-0.2, -0.15) is 0 Å². The molecule has 1 rings (SSSR count). The Hall–Kier alpha value is -0.0800. The minimum atomic E-state index is -0.0330. The van der Waals surface area contributed by atoms with E-state index in [2.05, 4.69) is 18.7 Å². The number of rotatable bonds is 4. The number of hydrogen-bond acceptors (Lipinski definition) is 2. The first-order chi connectivity index (χ1) is 6.27. The Morgan fingerprint density at radius 2 is 1.77 bits per heavy atom. The minimum Gasteiger partial charge on any atom is -0.393 e. The maximum absolute atomic E-state index is 9.78. The maximum atomic E-state index is 9.78. The van der Waals surface area contributed by atoms with Crippen molar-refractivity contribution in [3.05, 3.63) is 0 Å². The fourth-order valence-electron chi connectivity index (χ4n) is 2.21. The van der Waals surface area contributed by atoms with E-state index in [1.54, 1.807) is 0 Å². The molecule has 1 aliphatic rings. The summed E-state index contributed by atoms with van der Waals surface area (Å²) in [5.41, 5.74) is 0. The highest BCUT2D eigenvalue weighted by Gasteiger charge is 2.23. The second-order valence-electron chi connectivity index (χ2n) is 4.10.